The van der Waals surface area contributed by atoms with Gasteiger partial charge in [-0.25, -0.2) is 4.99 Å². The zero-order valence-corrected chi connectivity index (χ0v) is 17.3. The van der Waals surface area contributed by atoms with Crippen molar-refractivity contribution in [1.82, 2.24) is 25.4 Å². The molecule has 0 spiro atoms. The van der Waals surface area contributed by atoms with Gasteiger partial charge < -0.3 is 15.2 Å². The number of aromatic nitrogens is 3. The van der Waals surface area contributed by atoms with Crippen molar-refractivity contribution in [1.29, 1.82) is 0 Å². The Labute approximate surface area is 175 Å². The van der Waals surface area contributed by atoms with E-state index in [1.165, 1.54) is 25.3 Å². The van der Waals surface area contributed by atoms with E-state index in [1.807, 2.05) is 11.5 Å². The number of aryl methyl sites for hydroxylation is 1. The highest BCUT2D eigenvalue weighted by atomic mass is 19.4. The molecule has 0 radical (unpaired) electrons. The third kappa shape index (κ3) is 6.47. The summed E-state index contributed by atoms with van der Waals surface area (Å²) in [5.74, 6) is 1.55. The SMILES string of the molecule is CCc1nncn1CCNC(=NCc1cccc(C(F)(F)F)c1)NC1CCCCC1. The lowest BCUT2D eigenvalue weighted by atomic mass is 9.96. The lowest BCUT2D eigenvalue weighted by molar-refractivity contribution is -0.137. The maximum absolute atomic E-state index is 13.0. The fraction of sp³-hybridized carbons (Fsp3) is 0.571. The summed E-state index contributed by atoms with van der Waals surface area (Å²) in [5, 5.41) is 14.8. The van der Waals surface area contributed by atoms with E-state index < -0.39 is 11.7 Å². The van der Waals surface area contributed by atoms with E-state index in [0.717, 1.165) is 37.2 Å². The van der Waals surface area contributed by atoms with Gasteiger partial charge in [-0.05, 0) is 30.5 Å². The lowest BCUT2D eigenvalue weighted by Crippen LogP contribution is -2.45. The molecule has 1 aromatic carbocycles. The van der Waals surface area contributed by atoms with Crippen LogP contribution in [-0.4, -0.2) is 33.3 Å². The molecule has 2 aromatic rings. The molecule has 0 amide bonds. The van der Waals surface area contributed by atoms with Crippen LogP contribution < -0.4 is 10.6 Å². The second-order valence-corrected chi connectivity index (χ2v) is 7.56. The fourth-order valence-electron chi connectivity index (χ4n) is 3.64. The number of nitrogens with one attached hydrogen (secondary N) is 2. The summed E-state index contributed by atoms with van der Waals surface area (Å²) < 4.78 is 40.9. The Hall–Kier alpha value is -2.58. The molecule has 6 nitrogen and oxygen atoms in total. The Kier molecular flexibility index (Phi) is 7.70. The Morgan fingerprint density at radius 2 is 2.03 bits per heavy atom. The van der Waals surface area contributed by atoms with Gasteiger partial charge in [0.1, 0.15) is 12.2 Å². The minimum Gasteiger partial charge on any atom is -0.355 e. The summed E-state index contributed by atoms with van der Waals surface area (Å²) in [6, 6.07) is 5.67. The van der Waals surface area contributed by atoms with Gasteiger partial charge in [0.2, 0.25) is 0 Å². The van der Waals surface area contributed by atoms with Crippen molar-refractivity contribution < 1.29 is 13.2 Å². The van der Waals surface area contributed by atoms with Crippen LogP contribution >= 0.6 is 0 Å². The van der Waals surface area contributed by atoms with Crippen LogP contribution in [0.3, 0.4) is 0 Å². The van der Waals surface area contributed by atoms with E-state index in [1.54, 1.807) is 12.4 Å². The van der Waals surface area contributed by atoms with Gasteiger partial charge in [-0.3, -0.25) is 0 Å². The molecule has 1 fully saturated rings. The summed E-state index contributed by atoms with van der Waals surface area (Å²) in [7, 11) is 0. The van der Waals surface area contributed by atoms with E-state index >= 15 is 0 Å². The van der Waals surface area contributed by atoms with Crippen molar-refractivity contribution in [2.24, 2.45) is 4.99 Å². The molecule has 9 heteroatoms. The number of nitrogens with zero attached hydrogens (tertiary/aromatic N) is 4. The molecular formula is C21H29F3N6. The first-order valence-electron chi connectivity index (χ1n) is 10.5. The van der Waals surface area contributed by atoms with E-state index in [0.29, 0.717) is 30.7 Å². The molecule has 164 valence electrons. The van der Waals surface area contributed by atoms with Crippen LogP contribution in [0.5, 0.6) is 0 Å². The number of hydrogen-bond acceptors (Lipinski definition) is 3. The van der Waals surface area contributed by atoms with Gasteiger partial charge in [-0.1, -0.05) is 38.3 Å². The molecule has 2 N–H and O–H groups in total. The van der Waals surface area contributed by atoms with Gasteiger partial charge in [0.25, 0.3) is 0 Å². The summed E-state index contributed by atoms with van der Waals surface area (Å²) in [5.41, 5.74) is -0.119. The van der Waals surface area contributed by atoms with Gasteiger partial charge in [-0.2, -0.15) is 13.2 Å². The molecule has 1 heterocycles. The van der Waals surface area contributed by atoms with Gasteiger partial charge in [0, 0.05) is 25.6 Å². The van der Waals surface area contributed by atoms with Crippen molar-refractivity contribution in [2.75, 3.05) is 6.54 Å². The third-order valence-corrected chi connectivity index (χ3v) is 5.28. The highest BCUT2D eigenvalue weighted by molar-refractivity contribution is 5.80. The predicted octanol–water partition coefficient (Wildman–Crippen LogP) is 3.93. The van der Waals surface area contributed by atoms with Gasteiger partial charge >= 0.3 is 6.18 Å². The van der Waals surface area contributed by atoms with Crippen LogP contribution in [0.2, 0.25) is 0 Å². The number of halogens is 3. The quantitative estimate of drug-likeness (QED) is 0.524. The maximum atomic E-state index is 13.0. The van der Waals surface area contributed by atoms with Crippen molar-refractivity contribution in [3.05, 3.63) is 47.5 Å². The van der Waals surface area contributed by atoms with Crippen LogP contribution in [0.25, 0.3) is 0 Å². The molecule has 1 saturated carbocycles. The van der Waals surface area contributed by atoms with E-state index in [9.17, 15) is 13.2 Å². The van der Waals surface area contributed by atoms with Crippen molar-refractivity contribution in [3.63, 3.8) is 0 Å². The van der Waals surface area contributed by atoms with E-state index in [-0.39, 0.29) is 6.54 Å². The Balaban J connectivity index is 1.65. The predicted molar refractivity (Wildman–Crippen MR) is 110 cm³/mol. The lowest BCUT2D eigenvalue weighted by Gasteiger charge is -2.25. The van der Waals surface area contributed by atoms with Gasteiger partial charge in [0.05, 0.1) is 12.1 Å². The van der Waals surface area contributed by atoms with E-state index in [2.05, 4.69) is 25.8 Å². The highest BCUT2D eigenvalue weighted by Gasteiger charge is 2.30. The molecule has 1 aliphatic carbocycles. The number of hydrogen-bond donors (Lipinski definition) is 2. The molecule has 3 rings (SSSR count). The summed E-state index contributed by atoms with van der Waals surface area (Å²) >= 11 is 0. The van der Waals surface area contributed by atoms with Crippen molar-refractivity contribution in [3.8, 4) is 0 Å². The summed E-state index contributed by atoms with van der Waals surface area (Å²) in [6.45, 7) is 3.51. The molecule has 0 bridgehead atoms. The van der Waals surface area contributed by atoms with Crippen LogP contribution in [0.15, 0.2) is 35.6 Å². The van der Waals surface area contributed by atoms with Crippen LogP contribution in [0.4, 0.5) is 13.2 Å². The van der Waals surface area contributed by atoms with Crippen molar-refractivity contribution >= 4 is 5.96 Å². The molecular weight excluding hydrogens is 393 g/mol. The first kappa shape index (κ1) is 22.1. The smallest absolute Gasteiger partial charge is 0.355 e. The Morgan fingerprint density at radius 1 is 1.23 bits per heavy atom. The molecule has 30 heavy (non-hydrogen) atoms. The normalized spacial score (nSPS) is 15.9. The molecule has 1 aromatic heterocycles. The Bertz CT molecular complexity index is 824. The fourth-order valence-corrected chi connectivity index (χ4v) is 3.64. The number of guanidine groups is 1. The monoisotopic (exact) mass is 422 g/mol. The minimum atomic E-state index is -4.35. The number of alkyl halides is 3. The van der Waals surface area contributed by atoms with Crippen LogP contribution in [0, 0.1) is 0 Å². The largest absolute Gasteiger partial charge is 0.416 e. The molecule has 0 unspecified atom stereocenters. The van der Waals surface area contributed by atoms with Gasteiger partial charge in [-0.15, -0.1) is 10.2 Å². The first-order valence-corrected chi connectivity index (χ1v) is 10.5. The zero-order chi connectivity index (χ0) is 21.4. The first-order chi connectivity index (χ1) is 14.5. The minimum absolute atomic E-state index is 0.179. The van der Waals surface area contributed by atoms with Crippen LogP contribution in [-0.2, 0) is 25.7 Å². The number of rotatable bonds is 7. The highest BCUT2D eigenvalue weighted by Crippen LogP contribution is 2.29. The number of benzene rings is 1. The maximum Gasteiger partial charge on any atom is 0.416 e. The second kappa shape index (κ2) is 10.4. The van der Waals surface area contributed by atoms with Gasteiger partial charge in [0.15, 0.2) is 5.96 Å². The molecule has 0 atom stereocenters. The molecule has 1 aliphatic rings. The Morgan fingerprint density at radius 3 is 2.77 bits per heavy atom. The van der Waals surface area contributed by atoms with Crippen molar-refractivity contribution in [2.45, 2.75) is 70.8 Å². The number of aliphatic imine (C=N–C) groups is 1. The molecule has 0 aliphatic heterocycles. The average molecular weight is 422 g/mol. The van der Waals surface area contributed by atoms with E-state index in [4.69, 9.17) is 0 Å². The third-order valence-electron chi connectivity index (χ3n) is 5.28. The zero-order valence-electron chi connectivity index (χ0n) is 17.3. The topological polar surface area (TPSA) is 67.1 Å². The summed E-state index contributed by atoms with van der Waals surface area (Å²) in [4.78, 5) is 4.56. The molecule has 0 saturated heterocycles. The second-order valence-electron chi connectivity index (χ2n) is 7.56. The summed E-state index contributed by atoms with van der Waals surface area (Å²) in [6.07, 6.45) is 3.92. The van der Waals surface area contributed by atoms with Crippen LogP contribution in [0.1, 0.15) is 56.0 Å². The average Bonchev–Trinajstić information content (AvgIpc) is 3.20. The standard InChI is InChI=1S/C21H29F3N6/c1-2-19-29-27-15-30(19)12-11-25-20(28-18-9-4-3-5-10-18)26-14-16-7-6-8-17(13-16)21(22,23)24/h6-8,13,15,18H,2-5,9-12,14H2,1H3,(H2,25,26,28).